The van der Waals surface area contributed by atoms with E-state index in [0.717, 1.165) is 47.0 Å². The normalized spacial score (nSPS) is 11.0. The minimum atomic E-state index is -1.65. The van der Waals surface area contributed by atoms with Crippen LogP contribution in [0, 0.1) is 41.5 Å². The maximum absolute atomic E-state index is 5.95. The first kappa shape index (κ1) is 42.0. The summed E-state index contributed by atoms with van der Waals surface area (Å²) in [5, 5.41) is 5.17. The number of halogens is 2. The summed E-state index contributed by atoms with van der Waals surface area (Å²) >= 11 is -1.65. The Bertz CT molecular complexity index is 2420. The van der Waals surface area contributed by atoms with Crippen LogP contribution in [-0.4, -0.2) is 5.43 Å². The molecule has 0 unspecified atom stereocenters. The van der Waals surface area contributed by atoms with Crippen molar-refractivity contribution < 1.29 is 26.8 Å². The Kier molecular flexibility index (Phi) is 13.7. The molecule has 0 saturated carbocycles. The van der Waals surface area contributed by atoms with E-state index in [-0.39, 0.29) is 5.43 Å². The van der Waals surface area contributed by atoms with Crippen molar-refractivity contribution in [2.24, 2.45) is 0 Å². The van der Waals surface area contributed by atoms with Crippen molar-refractivity contribution in [2.45, 2.75) is 81.3 Å². The number of fused-ring (bicyclic) bond motifs is 2. The van der Waals surface area contributed by atoms with E-state index >= 15 is 0 Å². The van der Waals surface area contributed by atoms with E-state index in [4.69, 9.17) is 25.9 Å². The molecule has 0 aliphatic rings. The Balaban J connectivity index is 0.000000166. The summed E-state index contributed by atoms with van der Waals surface area (Å²) < 4.78 is 11.9. The Hall–Kier alpha value is -3.66. The second kappa shape index (κ2) is 18.3. The van der Waals surface area contributed by atoms with Crippen LogP contribution in [0.4, 0.5) is 0 Å². The van der Waals surface area contributed by atoms with Crippen LogP contribution in [0.5, 0.6) is 0 Å². The average molecular weight is 875 g/mol. The third kappa shape index (κ3) is 9.37. The predicted molar refractivity (Wildman–Crippen MR) is 242 cm³/mol. The zero-order valence-corrected chi connectivity index (χ0v) is 39.3. The third-order valence-corrected chi connectivity index (χ3v) is 30.4. The van der Waals surface area contributed by atoms with Crippen LogP contribution in [0.15, 0.2) is 118 Å². The summed E-state index contributed by atoms with van der Waals surface area (Å²) in [5.74, 6) is 3.90. The first-order valence-corrected chi connectivity index (χ1v) is 32.0. The van der Waals surface area contributed by atoms with Gasteiger partial charge in [-0.3, -0.25) is 0 Å². The van der Waals surface area contributed by atoms with Crippen molar-refractivity contribution >= 4 is 44.0 Å². The molecule has 6 aromatic carbocycles. The SMILES string of the molecule is CCc1ccc2[cH-]c(-c3cc(C)c(C)o3)cc2c1-c1ccc(C)cc1.CCc1ccc2[cH-]c(-c3cc(C)c(C)o3)cc2c1-c1ccc(C)cc1.C[Si](C)=[Zr]([Cl])[Cl]. The molecule has 0 aliphatic heterocycles. The van der Waals surface area contributed by atoms with Gasteiger partial charge in [-0.15, -0.1) is 57.9 Å². The molecular weight excluding hydrogens is 823 g/mol. The van der Waals surface area contributed by atoms with Gasteiger partial charge < -0.3 is 8.83 Å². The standard InChI is InChI=1S/2C24H23O.C2H6Si.2ClH.Zr/c2*1-5-18-10-11-20-13-21(23-12-16(3)17(4)25-23)14-22(20)24(18)19-8-6-15(2)7-9-19;1-3-2;;;/h2*6-14H,5H2,1-4H3;1-2H3;2*1H;/q2*-1;;;;+2/p-2. The molecule has 6 heteroatoms. The van der Waals surface area contributed by atoms with Crippen molar-refractivity contribution in [3.63, 3.8) is 0 Å². The fraction of sp³-hybridized carbons (Fsp3) is 0.240. The molecular formula is C50H52Cl2O2SiZr-2. The molecule has 2 aromatic heterocycles. The fourth-order valence-corrected chi connectivity index (χ4v) is 7.08. The monoisotopic (exact) mass is 872 g/mol. The third-order valence-electron chi connectivity index (χ3n) is 10.7. The molecule has 2 nitrogen and oxygen atoms in total. The molecule has 0 spiro atoms. The van der Waals surface area contributed by atoms with Crippen molar-refractivity contribution in [3.8, 4) is 44.9 Å². The summed E-state index contributed by atoms with van der Waals surface area (Å²) in [6.45, 7) is 21.3. The van der Waals surface area contributed by atoms with E-state index in [0.29, 0.717) is 0 Å². The van der Waals surface area contributed by atoms with Crippen molar-refractivity contribution in [1.82, 2.24) is 0 Å². The molecule has 2 heterocycles. The second-order valence-corrected chi connectivity index (χ2v) is 38.1. The minimum absolute atomic E-state index is 0.224. The second-order valence-electron chi connectivity index (χ2n) is 15.1. The van der Waals surface area contributed by atoms with Crippen LogP contribution < -0.4 is 0 Å². The zero-order valence-electron chi connectivity index (χ0n) is 34.4. The molecule has 8 aromatic rings. The van der Waals surface area contributed by atoms with Gasteiger partial charge in [0.15, 0.2) is 0 Å². The summed E-state index contributed by atoms with van der Waals surface area (Å²) in [7, 11) is 11.2. The number of aryl methyl sites for hydroxylation is 8. The Morgan fingerprint density at radius 3 is 1.18 bits per heavy atom. The van der Waals surface area contributed by atoms with Crippen LogP contribution in [0.1, 0.15) is 58.7 Å². The maximum atomic E-state index is 5.95. The molecule has 0 radical (unpaired) electrons. The molecule has 8 rings (SSSR count). The van der Waals surface area contributed by atoms with E-state index in [9.17, 15) is 0 Å². The van der Waals surface area contributed by atoms with Crippen LogP contribution >= 0.6 is 17.0 Å². The molecule has 0 saturated heterocycles. The van der Waals surface area contributed by atoms with Crippen molar-refractivity contribution in [3.05, 3.63) is 154 Å². The van der Waals surface area contributed by atoms with Crippen LogP contribution in [-0.2, 0) is 30.8 Å². The summed E-state index contributed by atoms with van der Waals surface area (Å²) in [6.07, 6.45) is 2.05. The Labute approximate surface area is 348 Å². The van der Waals surface area contributed by atoms with Gasteiger partial charge in [0.25, 0.3) is 0 Å². The first-order valence-electron chi connectivity index (χ1n) is 19.5. The molecule has 0 aliphatic carbocycles. The summed E-state index contributed by atoms with van der Waals surface area (Å²) in [4.78, 5) is 0. The van der Waals surface area contributed by atoms with Gasteiger partial charge in [-0.05, 0) is 99.9 Å². The molecule has 0 fully saturated rings. The molecule has 0 atom stereocenters. The van der Waals surface area contributed by atoms with Crippen molar-refractivity contribution in [1.29, 1.82) is 0 Å². The molecule has 0 N–H and O–H groups in total. The topological polar surface area (TPSA) is 26.3 Å². The van der Waals surface area contributed by atoms with Gasteiger partial charge in [0, 0.05) is 0 Å². The van der Waals surface area contributed by atoms with Crippen molar-refractivity contribution in [2.75, 3.05) is 0 Å². The van der Waals surface area contributed by atoms with Gasteiger partial charge in [-0.2, -0.15) is 0 Å². The van der Waals surface area contributed by atoms with Gasteiger partial charge in [0.05, 0.1) is 23.0 Å². The number of benzene rings is 4. The van der Waals surface area contributed by atoms with E-state index < -0.39 is 18.0 Å². The van der Waals surface area contributed by atoms with Gasteiger partial charge in [0.1, 0.15) is 0 Å². The summed E-state index contributed by atoms with van der Waals surface area (Å²) in [6, 6.07) is 40.0. The molecule has 0 bridgehead atoms. The van der Waals surface area contributed by atoms with Crippen LogP contribution in [0.3, 0.4) is 0 Å². The number of hydrogen-bond donors (Lipinski definition) is 0. The fourth-order valence-electron chi connectivity index (χ4n) is 7.08. The number of rotatable bonds is 6. The van der Waals surface area contributed by atoms with E-state index in [1.807, 2.05) is 13.8 Å². The van der Waals surface area contributed by atoms with E-state index in [2.05, 4.69) is 164 Å². The van der Waals surface area contributed by atoms with E-state index in [1.54, 1.807) is 0 Å². The van der Waals surface area contributed by atoms with Gasteiger partial charge in [-0.25, -0.2) is 0 Å². The van der Waals surface area contributed by atoms with Crippen LogP contribution in [0.2, 0.25) is 13.1 Å². The van der Waals surface area contributed by atoms with E-state index in [1.165, 1.54) is 77.2 Å². The molecule has 288 valence electrons. The summed E-state index contributed by atoms with van der Waals surface area (Å²) in [5.41, 5.74) is 15.1. The van der Waals surface area contributed by atoms with Gasteiger partial charge >= 0.3 is 53.5 Å². The quantitative estimate of drug-likeness (QED) is 0.123. The van der Waals surface area contributed by atoms with Crippen LogP contribution in [0.25, 0.3) is 66.4 Å². The zero-order chi connectivity index (χ0) is 40.3. The number of hydrogen-bond acceptors (Lipinski definition) is 2. The van der Waals surface area contributed by atoms with Gasteiger partial charge in [-0.1, -0.05) is 108 Å². The predicted octanol–water partition coefficient (Wildman–Crippen LogP) is 16.1. The Morgan fingerprint density at radius 2 is 0.893 bits per heavy atom. The first-order chi connectivity index (χ1) is 26.8. The Morgan fingerprint density at radius 1 is 0.536 bits per heavy atom. The average Bonchev–Trinajstić information content (AvgIpc) is 3.97. The molecule has 56 heavy (non-hydrogen) atoms. The number of furan rings is 2. The molecule has 0 amide bonds. The van der Waals surface area contributed by atoms with Gasteiger partial charge in [0.2, 0.25) is 0 Å².